The first-order chi connectivity index (χ1) is 9.56. The molecule has 0 bridgehead atoms. The molecule has 0 spiro atoms. The number of aromatic hydroxyl groups is 1. The van der Waals surface area contributed by atoms with Crippen LogP contribution in [0.25, 0.3) is 0 Å². The average Bonchev–Trinajstić information content (AvgIpc) is 2.41. The number of hydrogen-bond donors (Lipinski definition) is 3. The minimum absolute atomic E-state index is 0.00983. The molecule has 1 amide bonds. The summed E-state index contributed by atoms with van der Waals surface area (Å²) in [5.41, 5.74) is 6.18. The first kappa shape index (κ1) is 16.8. The number of hydrogen-bond acceptors (Lipinski definition) is 3. The highest BCUT2D eigenvalue weighted by Gasteiger charge is 2.10. The lowest BCUT2D eigenvalue weighted by atomic mass is 9.94. The molecule has 0 saturated carbocycles. The Bertz CT molecular complexity index is 432. The number of anilines is 1. The molecule has 4 nitrogen and oxygen atoms in total. The Balaban J connectivity index is 2.44. The molecule has 1 aromatic rings. The summed E-state index contributed by atoms with van der Waals surface area (Å²) < 4.78 is 0. The van der Waals surface area contributed by atoms with Crippen LogP contribution in [0.2, 0.25) is 5.02 Å². The molecule has 0 fully saturated rings. The second-order valence-corrected chi connectivity index (χ2v) is 5.39. The molecule has 0 aliphatic rings. The number of phenols is 1. The predicted molar refractivity (Wildman–Crippen MR) is 83.0 cm³/mol. The highest BCUT2D eigenvalue weighted by molar-refractivity contribution is 6.32. The maximum Gasteiger partial charge on any atom is 0.224 e. The van der Waals surface area contributed by atoms with Gasteiger partial charge in [-0.3, -0.25) is 4.79 Å². The summed E-state index contributed by atoms with van der Waals surface area (Å²) in [6.07, 6.45) is 4.51. The fourth-order valence-electron chi connectivity index (χ4n) is 2.22. The van der Waals surface area contributed by atoms with Gasteiger partial charge in [0.2, 0.25) is 5.91 Å². The van der Waals surface area contributed by atoms with Crippen molar-refractivity contribution in [1.82, 2.24) is 0 Å². The standard InChI is InChI=1S/C15H23ClN2O2/c1-2-3-11(8-9-17)4-7-15(20)18-12-5-6-14(19)13(16)10-12/h5-6,10-11,19H,2-4,7-9,17H2,1H3,(H,18,20). The van der Waals surface area contributed by atoms with Crippen molar-refractivity contribution >= 4 is 23.2 Å². The Hall–Kier alpha value is -1.26. The van der Waals surface area contributed by atoms with E-state index in [1.165, 1.54) is 12.1 Å². The van der Waals surface area contributed by atoms with Gasteiger partial charge >= 0.3 is 0 Å². The number of amides is 1. The summed E-state index contributed by atoms with van der Waals surface area (Å²) in [6.45, 7) is 2.81. The second kappa shape index (κ2) is 8.82. The lowest BCUT2D eigenvalue weighted by molar-refractivity contribution is -0.116. The van der Waals surface area contributed by atoms with E-state index in [1.54, 1.807) is 6.07 Å². The third-order valence-corrected chi connectivity index (χ3v) is 3.59. The highest BCUT2D eigenvalue weighted by Crippen LogP contribution is 2.26. The van der Waals surface area contributed by atoms with Crippen molar-refractivity contribution in [3.8, 4) is 5.75 Å². The van der Waals surface area contributed by atoms with E-state index in [1.807, 2.05) is 0 Å². The maximum atomic E-state index is 11.9. The van der Waals surface area contributed by atoms with Crippen LogP contribution in [0.3, 0.4) is 0 Å². The van der Waals surface area contributed by atoms with E-state index < -0.39 is 0 Å². The molecule has 0 radical (unpaired) electrons. The minimum atomic E-state index is -0.0371. The number of phenolic OH excluding ortho intramolecular Hbond substituents is 1. The molecule has 112 valence electrons. The van der Waals surface area contributed by atoms with Gasteiger partial charge in [-0.25, -0.2) is 0 Å². The lowest BCUT2D eigenvalue weighted by Crippen LogP contribution is -2.15. The van der Waals surface area contributed by atoms with E-state index in [2.05, 4.69) is 12.2 Å². The van der Waals surface area contributed by atoms with Crippen LogP contribution in [0.1, 0.15) is 39.0 Å². The number of rotatable bonds is 8. The molecular formula is C15H23ClN2O2. The number of carbonyl (C=O) groups is 1. The summed E-state index contributed by atoms with van der Waals surface area (Å²) >= 11 is 5.79. The molecule has 1 unspecified atom stereocenters. The van der Waals surface area contributed by atoms with Crippen LogP contribution in [0, 0.1) is 5.92 Å². The molecule has 1 aromatic carbocycles. The van der Waals surface area contributed by atoms with Crippen molar-refractivity contribution in [2.45, 2.75) is 39.0 Å². The fourth-order valence-corrected chi connectivity index (χ4v) is 2.40. The zero-order chi connectivity index (χ0) is 15.0. The number of benzene rings is 1. The average molecular weight is 299 g/mol. The van der Waals surface area contributed by atoms with Crippen LogP contribution in [0.15, 0.2) is 18.2 Å². The summed E-state index contributed by atoms with van der Waals surface area (Å²) in [7, 11) is 0. The van der Waals surface area contributed by atoms with Gasteiger partial charge in [-0.1, -0.05) is 31.4 Å². The van der Waals surface area contributed by atoms with Gasteiger partial charge in [0.1, 0.15) is 5.75 Å². The van der Waals surface area contributed by atoms with Crippen LogP contribution in [0.5, 0.6) is 5.75 Å². The van der Waals surface area contributed by atoms with E-state index in [9.17, 15) is 9.90 Å². The van der Waals surface area contributed by atoms with Gasteiger partial charge in [-0.05, 0) is 43.5 Å². The van der Waals surface area contributed by atoms with Crippen LogP contribution < -0.4 is 11.1 Å². The zero-order valence-electron chi connectivity index (χ0n) is 11.9. The number of nitrogens with two attached hydrogens (primary N) is 1. The smallest absolute Gasteiger partial charge is 0.224 e. The van der Waals surface area contributed by atoms with Gasteiger partial charge in [0, 0.05) is 12.1 Å². The third kappa shape index (κ3) is 5.80. The van der Waals surface area contributed by atoms with Gasteiger partial charge in [-0.2, -0.15) is 0 Å². The maximum absolute atomic E-state index is 11.9. The summed E-state index contributed by atoms with van der Waals surface area (Å²) in [4.78, 5) is 11.9. The van der Waals surface area contributed by atoms with Crippen molar-refractivity contribution in [3.05, 3.63) is 23.2 Å². The van der Waals surface area contributed by atoms with Crippen molar-refractivity contribution < 1.29 is 9.90 Å². The quantitative estimate of drug-likeness (QED) is 0.643. The van der Waals surface area contributed by atoms with E-state index in [0.717, 1.165) is 25.7 Å². The van der Waals surface area contributed by atoms with Crippen molar-refractivity contribution in [1.29, 1.82) is 0 Å². The number of halogens is 1. The van der Waals surface area contributed by atoms with Crippen molar-refractivity contribution in [3.63, 3.8) is 0 Å². The molecular weight excluding hydrogens is 276 g/mol. The van der Waals surface area contributed by atoms with Crippen LogP contribution in [-0.2, 0) is 4.79 Å². The van der Waals surface area contributed by atoms with Gasteiger partial charge in [-0.15, -0.1) is 0 Å². The molecule has 20 heavy (non-hydrogen) atoms. The molecule has 0 aliphatic carbocycles. The number of carbonyl (C=O) groups excluding carboxylic acids is 1. The van der Waals surface area contributed by atoms with Crippen molar-refractivity contribution in [2.75, 3.05) is 11.9 Å². The minimum Gasteiger partial charge on any atom is -0.506 e. The van der Waals surface area contributed by atoms with E-state index >= 15 is 0 Å². The predicted octanol–water partition coefficient (Wildman–Crippen LogP) is 3.53. The van der Waals surface area contributed by atoms with Crippen molar-refractivity contribution in [2.24, 2.45) is 11.7 Å². The summed E-state index contributed by atoms with van der Waals surface area (Å²) in [5, 5.41) is 12.3. The Labute approximate surface area is 125 Å². The first-order valence-corrected chi connectivity index (χ1v) is 7.43. The normalized spacial score (nSPS) is 12.2. The monoisotopic (exact) mass is 298 g/mol. The van der Waals surface area contributed by atoms with Gasteiger partial charge in [0.05, 0.1) is 5.02 Å². The van der Waals surface area contributed by atoms with Crippen LogP contribution in [0.4, 0.5) is 5.69 Å². The zero-order valence-corrected chi connectivity index (χ0v) is 12.6. The lowest BCUT2D eigenvalue weighted by Gasteiger charge is -2.14. The van der Waals surface area contributed by atoms with E-state index in [4.69, 9.17) is 17.3 Å². The van der Waals surface area contributed by atoms with E-state index in [0.29, 0.717) is 24.6 Å². The molecule has 1 atom stereocenters. The highest BCUT2D eigenvalue weighted by atomic mass is 35.5. The Morgan fingerprint density at radius 1 is 1.40 bits per heavy atom. The fraction of sp³-hybridized carbons (Fsp3) is 0.533. The molecule has 1 rings (SSSR count). The van der Waals surface area contributed by atoms with Crippen LogP contribution in [-0.4, -0.2) is 17.6 Å². The third-order valence-electron chi connectivity index (χ3n) is 3.28. The Morgan fingerprint density at radius 3 is 2.75 bits per heavy atom. The van der Waals surface area contributed by atoms with Gasteiger partial charge in [0.15, 0.2) is 0 Å². The molecule has 0 aromatic heterocycles. The van der Waals surface area contributed by atoms with E-state index in [-0.39, 0.29) is 16.7 Å². The molecule has 0 aliphatic heterocycles. The molecule has 5 heteroatoms. The Morgan fingerprint density at radius 2 is 2.15 bits per heavy atom. The van der Waals surface area contributed by atoms with Gasteiger partial charge in [0.25, 0.3) is 0 Å². The summed E-state index contributed by atoms with van der Waals surface area (Å²) in [5.74, 6) is 0.486. The molecule has 0 saturated heterocycles. The largest absolute Gasteiger partial charge is 0.506 e. The topological polar surface area (TPSA) is 75.4 Å². The first-order valence-electron chi connectivity index (χ1n) is 7.05. The molecule has 4 N–H and O–H groups in total. The summed E-state index contributed by atoms with van der Waals surface area (Å²) in [6, 6.07) is 4.63. The Kier molecular flexibility index (Phi) is 7.41. The molecule has 0 heterocycles. The SMILES string of the molecule is CCCC(CCN)CCC(=O)Nc1ccc(O)c(Cl)c1. The van der Waals surface area contributed by atoms with Gasteiger partial charge < -0.3 is 16.2 Å². The number of nitrogens with one attached hydrogen (secondary N) is 1. The second-order valence-electron chi connectivity index (χ2n) is 4.99. The van der Waals surface area contributed by atoms with Crippen LogP contribution >= 0.6 is 11.6 Å².